The van der Waals surface area contributed by atoms with Gasteiger partial charge >= 0.3 is 0 Å². The Labute approximate surface area is 98.5 Å². The number of benzene rings is 1. The molecular formula is C15H21N. The first kappa shape index (κ1) is 10.3. The van der Waals surface area contributed by atoms with Crippen LogP contribution in [-0.4, -0.2) is 24.5 Å². The van der Waals surface area contributed by atoms with E-state index < -0.39 is 0 Å². The van der Waals surface area contributed by atoms with E-state index in [-0.39, 0.29) is 0 Å². The quantitative estimate of drug-likeness (QED) is 0.748. The Morgan fingerprint density at radius 3 is 2.25 bits per heavy atom. The van der Waals surface area contributed by atoms with Gasteiger partial charge in [0.15, 0.2) is 0 Å². The summed E-state index contributed by atoms with van der Waals surface area (Å²) in [7, 11) is 0. The average molecular weight is 215 g/mol. The minimum absolute atomic E-state index is 0.816. The Balaban J connectivity index is 1.53. The van der Waals surface area contributed by atoms with Crippen LogP contribution in [0.2, 0.25) is 0 Å². The molecule has 2 aliphatic rings. The molecule has 16 heavy (non-hydrogen) atoms. The number of hydrogen-bond acceptors (Lipinski definition) is 1. The van der Waals surface area contributed by atoms with E-state index in [0.717, 1.165) is 11.8 Å². The Morgan fingerprint density at radius 1 is 0.938 bits per heavy atom. The third kappa shape index (κ3) is 2.46. The minimum atomic E-state index is 0.816. The predicted molar refractivity (Wildman–Crippen MR) is 67.6 cm³/mol. The summed E-state index contributed by atoms with van der Waals surface area (Å²) in [6, 6.07) is 11.0. The summed E-state index contributed by atoms with van der Waals surface area (Å²) < 4.78 is 0. The smallest absolute Gasteiger partial charge is 0.000967 e. The van der Waals surface area contributed by atoms with Crippen LogP contribution in [0.4, 0.5) is 0 Å². The number of rotatable bonds is 3. The summed E-state index contributed by atoms with van der Waals surface area (Å²) in [4.78, 5) is 2.68. The van der Waals surface area contributed by atoms with Crippen LogP contribution < -0.4 is 0 Å². The fourth-order valence-electron chi connectivity index (χ4n) is 2.84. The molecule has 0 atom stereocenters. The largest absolute Gasteiger partial charge is 0.303 e. The monoisotopic (exact) mass is 215 g/mol. The first-order valence-electron chi connectivity index (χ1n) is 6.69. The topological polar surface area (TPSA) is 3.24 Å². The summed E-state index contributed by atoms with van der Waals surface area (Å²) in [6.45, 7) is 4.01. The van der Waals surface area contributed by atoms with E-state index >= 15 is 0 Å². The average Bonchev–Trinajstić information content (AvgIpc) is 3.15. The molecular weight excluding hydrogens is 194 g/mol. The highest BCUT2D eigenvalue weighted by Crippen LogP contribution is 2.33. The standard InChI is InChI=1S/C15H21N/c1-2-4-14(5-3-1)15-8-10-16(11-9-15)12-13-6-7-13/h1-5,13,15H,6-12H2. The van der Waals surface area contributed by atoms with E-state index in [1.165, 1.54) is 45.3 Å². The van der Waals surface area contributed by atoms with E-state index in [0.29, 0.717) is 0 Å². The lowest BCUT2D eigenvalue weighted by Gasteiger charge is -2.32. The van der Waals surface area contributed by atoms with Gasteiger partial charge in [0.2, 0.25) is 0 Å². The Kier molecular flexibility index (Phi) is 2.96. The first-order chi connectivity index (χ1) is 7.92. The van der Waals surface area contributed by atoms with Gasteiger partial charge in [-0.2, -0.15) is 0 Å². The van der Waals surface area contributed by atoms with Crippen molar-refractivity contribution in [2.75, 3.05) is 19.6 Å². The summed E-state index contributed by atoms with van der Waals surface area (Å²) in [5.41, 5.74) is 1.55. The van der Waals surface area contributed by atoms with E-state index in [1.807, 2.05) is 0 Å². The van der Waals surface area contributed by atoms with Crippen molar-refractivity contribution in [2.24, 2.45) is 5.92 Å². The molecule has 1 saturated heterocycles. The van der Waals surface area contributed by atoms with Crippen molar-refractivity contribution in [3.63, 3.8) is 0 Å². The first-order valence-corrected chi connectivity index (χ1v) is 6.69. The summed E-state index contributed by atoms with van der Waals surface area (Å²) >= 11 is 0. The van der Waals surface area contributed by atoms with Crippen molar-refractivity contribution in [3.05, 3.63) is 35.9 Å². The molecule has 0 unspecified atom stereocenters. The molecule has 0 radical (unpaired) electrons. The Morgan fingerprint density at radius 2 is 1.62 bits per heavy atom. The normalized spacial score (nSPS) is 23.5. The molecule has 1 heterocycles. The molecule has 0 aromatic heterocycles. The van der Waals surface area contributed by atoms with Gasteiger partial charge in [-0.15, -0.1) is 0 Å². The molecule has 1 aromatic carbocycles. The molecule has 2 fully saturated rings. The highest BCUT2D eigenvalue weighted by Gasteiger charge is 2.27. The number of hydrogen-bond donors (Lipinski definition) is 0. The highest BCUT2D eigenvalue weighted by atomic mass is 15.1. The van der Waals surface area contributed by atoms with Gasteiger partial charge in [-0.3, -0.25) is 0 Å². The van der Waals surface area contributed by atoms with Gasteiger partial charge < -0.3 is 4.90 Å². The fraction of sp³-hybridized carbons (Fsp3) is 0.600. The molecule has 1 aliphatic carbocycles. The molecule has 86 valence electrons. The van der Waals surface area contributed by atoms with Crippen molar-refractivity contribution in [2.45, 2.75) is 31.6 Å². The highest BCUT2D eigenvalue weighted by molar-refractivity contribution is 5.20. The van der Waals surface area contributed by atoms with Gasteiger partial charge in [0, 0.05) is 6.54 Å². The minimum Gasteiger partial charge on any atom is -0.303 e. The second-order valence-electron chi connectivity index (χ2n) is 5.43. The maximum Gasteiger partial charge on any atom is 0.000967 e. The number of piperidine rings is 1. The predicted octanol–water partition coefficient (Wildman–Crippen LogP) is 3.28. The van der Waals surface area contributed by atoms with Crippen LogP contribution in [0.15, 0.2) is 30.3 Å². The molecule has 0 spiro atoms. The van der Waals surface area contributed by atoms with Crippen LogP contribution in [0.3, 0.4) is 0 Å². The fourth-order valence-corrected chi connectivity index (χ4v) is 2.84. The molecule has 0 bridgehead atoms. The summed E-state index contributed by atoms with van der Waals surface area (Å²) in [6.07, 6.45) is 5.69. The zero-order valence-corrected chi connectivity index (χ0v) is 9.94. The number of nitrogens with zero attached hydrogens (tertiary/aromatic N) is 1. The molecule has 1 aliphatic heterocycles. The maximum absolute atomic E-state index is 2.68. The van der Waals surface area contributed by atoms with E-state index in [2.05, 4.69) is 35.2 Å². The van der Waals surface area contributed by atoms with Gasteiger partial charge in [-0.05, 0) is 56.2 Å². The van der Waals surface area contributed by atoms with Gasteiger partial charge in [-0.1, -0.05) is 30.3 Å². The molecule has 1 heteroatoms. The second-order valence-corrected chi connectivity index (χ2v) is 5.43. The van der Waals surface area contributed by atoms with Crippen LogP contribution in [-0.2, 0) is 0 Å². The zero-order valence-electron chi connectivity index (χ0n) is 9.94. The lowest BCUT2D eigenvalue weighted by molar-refractivity contribution is 0.204. The molecule has 0 N–H and O–H groups in total. The summed E-state index contributed by atoms with van der Waals surface area (Å²) in [5.74, 6) is 1.87. The van der Waals surface area contributed by atoms with Crippen molar-refractivity contribution in [1.82, 2.24) is 4.90 Å². The lowest BCUT2D eigenvalue weighted by atomic mass is 9.89. The Hall–Kier alpha value is -0.820. The van der Waals surface area contributed by atoms with Gasteiger partial charge in [0.25, 0.3) is 0 Å². The third-order valence-corrected chi connectivity index (χ3v) is 4.07. The van der Waals surface area contributed by atoms with Crippen molar-refractivity contribution in [3.8, 4) is 0 Å². The van der Waals surface area contributed by atoms with Gasteiger partial charge in [0.05, 0.1) is 0 Å². The third-order valence-electron chi connectivity index (χ3n) is 4.07. The van der Waals surface area contributed by atoms with Gasteiger partial charge in [0.1, 0.15) is 0 Å². The van der Waals surface area contributed by atoms with Crippen molar-refractivity contribution >= 4 is 0 Å². The molecule has 0 amide bonds. The molecule has 1 saturated carbocycles. The van der Waals surface area contributed by atoms with Crippen molar-refractivity contribution < 1.29 is 0 Å². The molecule has 3 rings (SSSR count). The lowest BCUT2D eigenvalue weighted by Crippen LogP contribution is -2.34. The maximum atomic E-state index is 2.68. The van der Waals surface area contributed by atoms with E-state index in [4.69, 9.17) is 0 Å². The van der Waals surface area contributed by atoms with Crippen LogP contribution in [0, 0.1) is 5.92 Å². The van der Waals surface area contributed by atoms with Crippen LogP contribution in [0.5, 0.6) is 0 Å². The van der Waals surface area contributed by atoms with Gasteiger partial charge in [-0.25, -0.2) is 0 Å². The van der Waals surface area contributed by atoms with E-state index in [9.17, 15) is 0 Å². The Bertz CT molecular complexity index is 321. The second kappa shape index (κ2) is 4.58. The van der Waals surface area contributed by atoms with Crippen LogP contribution >= 0.6 is 0 Å². The van der Waals surface area contributed by atoms with Crippen LogP contribution in [0.1, 0.15) is 37.2 Å². The number of likely N-dealkylation sites (tertiary alicyclic amines) is 1. The zero-order chi connectivity index (χ0) is 10.8. The molecule has 1 aromatic rings. The molecule has 1 nitrogen and oxygen atoms in total. The van der Waals surface area contributed by atoms with Crippen molar-refractivity contribution in [1.29, 1.82) is 0 Å². The SMILES string of the molecule is c1ccc(C2CCN(CC3CC3)CC2)cc1. The van der Waals surface area contributed by atoms with E-state index in [1.54, 1.807) is 5.56 Å². The summed E-state index contributed by atoms with van der Waals surface area (Å²) in [5, 5.41) is 0. The van der Waals surface area contributed by atoms with Crippen LogP contribution in [0.25, 0.3) is 0 Å².